The van der Waals surface area contributed by atoms with E-state index < -0.39 is 0 Å². The van der Waals surface area contributed by atoms with Gasteiger partial charge >= 0.3 is 0 Å². The SMILES string of the molecule is CN(C)C1CCN(C2Cc3ccc(N)cc3C2)CC1. The van der Waals surface area contributed by atoms with E-state index in [9.17, 15) is 0 Å². The summed E-state index contributed by atoms with van der Waals surface area (Å²) >= 11 is 0. The highest BCUT2D eigenvalue weighted by molar-refractivity contribution is 5.47. The molecule has 3 rings (SSSR count). The number of hydrogen-bond acceptors (Lipinski definition) is 3. The van der Waals surface area contributed by atoms with Gasteiger partial charge < -0.3 is 10.6 Å². The van der Waals surface area contributed by atoms with Crippen LogP contribution < -0.4 is 5.73 Å². The molecule has 0 amide bonds. The minimum Gasteiger partial charge on any atom is -0.399 e. The van der Waals surface area contributed by atoms with Gasteiger partial charge in [-0.2, -0.15) is 0 Å². The zero-order chi connectivity index (χ0) is 13.4. The summed E-state index contributed by atoms with van der Waals surface area (Å²) in [5.74, 6) is 0. The average molecular weight is 259 g/mol. The third kappa shape index (κ3) is 2.63. The molecule has 1 aromatic rings. The fourth-order valence-corrected chi connectivity index (χ4v) is 3.64. The first-order valence-corrected chi connectivity index (χ1v) is 7.41. The van der Waals surface area contributed by atoms with Crippen LogP contribution in [0.25, 0.3) is 0 Å². The van der Waals surface area contributed by atoms with Crippen LogP contribution in [0.2, 0.25) is 0 Å². The quantitative estimate of drug-likeness (QED) is 0.822. The van der Waals surface area contributed by atoms with Crippen LogP contribution in [0.5, 0.6) is 0 Å². The number of hydrogen-bond donors (Lipinski definition) is 1. The normalized spacial score (nSPS) is 24.9. The van der Waals surface area contributed by atoms with Crippen LogP contribution in [-0.4, -0.2) is 49.1 Å². The van der Waals surface area contributed by atoms with Crippen molar-refractivity contribution in [3.05, 3.63) is 29.3 Å². The number of benzene rings is 1. The molecule has 1 heterocycles. The van der Waals surface area contributed by atoms with Crippen LogP contribution in [0, 0.1) is 0 Å². The van der Waals surface area contributed by atoms with Gasteiger partial charge in [-0.05, 0) is 76.1 Å². The van der Waals surface area contributed by atoms with Crippen LogP contribution >= 0.6 is 0 Å². The molecule has 1 aliphatic carbocycles. The molecule has 1 unspecified atom stereocenters. The van der Waals surface area contributed by atoms with Crippen molar-refractivity contribution in [1.82, 2.24) is 9.80 Å². The molecule has 3 heteroatoms. The van der Waals surface area contributed by atoms with Crippen molar-refractivity contribution in [2.24, 2.45) is 0 Å². The highest BCUT2D eigenvalue weighted by atomic mass is 15.2. The van der Waals surface area contributed by atoms with Crippen LogP contribution in [0.15, 0.2) is 18.2 Å². The van der Waals surface area contributed by atoms with Crippen LogP contribution in [-0.2, 0) is 12.8 Å². The number of likely N-dealkylation sites (tertiary alicyclic amines) is 1. The van der Waals surface area contributed by atoms with Crippen molar-refractivity contribution < 1.29 is 0 Å². The molecule has 2 aliphatic rings. The smallest absolute Gasteiger partial charge is 0.0316 e. The molecule has 2 N–H and O–H groups in total. The number of nitrogens with zero attached hydrogens (tertiary/aromatic N) is 2. The van der Waals surface area contributed by atoms with E-state index in [1.807, 2.05) is 6.07 Å². The lowest BCUT2D eigenvalue weighted by Crippen LogP contribution is -2.46. The van der Waals surface area contributed by atoms with Crippen LogP contribution in [0.4, 0.5) is 5.69 Å². The van der Waals surface area contributed by atoms with Gasteiger partial charge in [0.1, 0.15) is 0 Å². The second-order valence-corrected chi connectivity index (χ2v) is 6.32. The molecule has 1 fully saturated rings. The predicted octanol–water partition coefficient (Wildman–Crippen LogP) is 1.76. The van der Waals surface area contributed by atoms with Gasteiger partial charge in [0.15, 0.2) is 0 Å². The predicted molar refractivity (Wildman–Crippen MR) is 80.3 cm³/mol. The van der Waals surface area contributed by atoms with Crippen molar-refractivity contribution >= 4 is 5.69 Å². The Labute approximate surface area is 116 Å². The van der Waals surface area contributed by atoms with Crippen molar-refractivity contribution in [2.45, 2.75) is 37.8 Å². The van der Waals surface area contributed by atoms with Crippen molar-refractivity contribution in [2.75, 3.05) is 32.9 Å². The Hall–Kier alpha value is -1.06. The van der Waals surface area contributed by atoms with E-state index >= 15 is 0 Å². The average Bonchev–Trinajstić information content (AvgIpc) is 2.81. The lowest BCUT2D eigenvalue weighted by atomic mass is 10.0. The van der Waals surface area contributed by atoms with Gasteiger partial charge in [0.05, 0.1) is 0 Å². The van der Waals surface area contributed by atoms with E-state index in [0.717, 1.165) is 11.7 Å². The summed E-state index contributed by atoms with van der Waals surface area (Å²) < 4.78 is 0. The van der Waals surface area contributed by atoms with E-state index in [4.69, 9.17) is 5.73 Å². The summed E-state index contributed by atoms with van der Waals surface area (Å²) in [4.78, 5) is 5.07. The summed E-state index contributed by atoms with van der Waals surface area (Å²) in [6.07, 6.45) is 5.01. The summed E-state index contributed by atoms with van der Waals surface area (Å²) in [5.41, 5.74) is 9.78. The number of piperidine rings is 1. The topological polar surface area (TPSA) is 32.5 Å². The molecule has 0 spiro atoms. The summed E-state index contributed by atoms with van der Waals surface area (Å²) in [6, 6.07) is 7.91. The Balaban J connectivity index is 1.61. The molecule has 1 atom stereocenters. The molecule has 3 nitrogen and oxygen atoms in total. The molecule has 0 radical (unpaired) electrons. The first-order chi connectivity index (χ1) is 9.13. The molecule has 0 aromatic heterocycles. The van der Waals surface area contributed by atoms with Crippen LogP contribution in [0.1, 0.15) is 24.0 Å². The number of fused-ring (bicyclic) bond motifs is 1. The maximum absolute atomic E-state index is 5.89. The van der Waals surface area contributed by atoms with E-state index in [1.165, 1.54) is 49.9 Å². The lowest BCUT2D eigenvalue weighted by molar-refractivity contribution is 0.111. The zero-order valence-electron chi connectivity index (χ0n) is 12.1. The van der Waals surface area contributed by atoms with E-state index in [2.05, 4.69) is 36.0 Å². The Kier molecular flexibility index (Phi) is 3.50. The van der Waals surface area contributed by atoms with E-state index in [0.29, 0.717) is 6.04 Å². The molecular formula is C16H25N3. The van der Waals surface area contributed by atoms with Gasteiger partial charge in [-0.1, -0.05) is 6.07 Å². The highest BCUT2D eigenvalue weighted by Crippen LogP contribution is 2.29. The van der Waals surface area contributed by atoms with Crippen molar-refractivity contribution in [3.63, 3.8) is 0 Å². The van der Waals surface area contributed by atoms with Gasteiger partial charge in [-0.25, -0.2) is 0 Å². The number of anilines is 1. The molecule has 1 aromatic carbocycles. The first kappa shape index (κ1) is 12.9. The lowest BCUT2D eigenvalue weighted by Gasteiger charge is -2.38. The van der Waals surface area contributed by atoms with Crippen molar-refractivity contribution in [3.8, 4) is 0 Å². The zero-order valence-corrected chi connectivity index (χ0v) is 12.1. The van der Waals surface area contributed by atoms with Gasteiger partial charge in [0.25, 0.3) is 0 Å². The molecule has 0 bridgehead atoms. The molecule has 1 saturated heterocycles. The molecule has 1 aliphatic heterocycles. The van der Waals surface area contributed by atoms with Gasteiger partial charge in [-0.15, -0.1) is 0 Å². The van der Waals surface area contributed by atoms with E-state index in [-0.39, 0.29) is 0 Å². The molecule has 19 heavy (non-hydrogen) atoms. The Bertz CT molecular complexity index is 447. The van der Waals surface area contributed by atoms with Gasteiger partial charge in [0.2, 0.25) is 0 Å². The highest BCUT2D eigenvalue weighted by Gasteiger charge is 2.30. The fourth-order valence-electron chi connectivity index (χ4n) is 3.64. The molecular weight excluding hydrogens is 234 g/mol. The Morgan fingerprint density at radius 2 is 1.79 bits per heavy atom. The van der Waals surface area contributed by atoms with Gasteiger partial charge in [0, 0.05) is 17.8 Å². The van der Waals surface area contributed by atoms with Gasteiger partial charge in [-0.3, -0.25) is 4.90 Å². The number of nitrogens with two attached hydrogens (primary N) is 1. The largest absolute Gasteiger partial charge is 0.399 e. The third-order valence-corrected chi connectivity index (χ3v) is 4.89. The maximum Gasteiger partial charge on any atom is 0.0316 e. The second kappa shape index (κ2) is 5.14. The first-order valence-electron chi connectivity index (χ1n) is 7.41. The summed E-state index contributed by atoms with van der Waals surface area (Å²) in [5, 5.41) is 0. The minimum atomic E-state index is 0.708. The second-order valence-electron chi connectivity index (χ2n) is 6.32. The Morgan fingerprint density at radius 3 is 2.47 bits per heavy atom. The monoisotopic (exact) mass is 259 g/mol. The molecule has 0 saturated carbocycles. The number of nitrogen functional groups attached to an aromatic ring is 1. The molecule has 104 valence electrons. The standard InChI is InChI=1S/C16H25N3/c1-18(2)15-5-7-19(8-6-15)16-10-12-3-4-14(17)9-13(12)11-16/h3-4,9,15-16H,5-8,10-11,17H2,1-2H3. The van der Waals surface area contributed by atoms with Crippen LogP contribution in [0.3, 0.4) is 0 Å². The summed E-state index contributed by atoms with van der Waals surface area (Å²) in [6.45, 7) is 2.49. The Morgan fingerprint density at radius 1 is 1.11 bits per heavy atom. The summed E-state index contributed by atoms with van der Waals surface area (Å²) in [7, 11) is 4.41. The third-order valence-electron chi connectivity index (χ3n) is 4.89. The maximum atomic E-state index is 5.89. The van der Waals surface area contributed by atoms with E-state index in [1.54, 1.807) is 0 Å². The minimum absolute atomic E-state index is 0.708. The fraction of sp³-hybridized carbons (Fsp3) is 0.625. The number of rotatable bonds is 2. The van der Waals surface area contributed by atoms with Crippen molar-refractivity contribution in [1.29, 1.82) is 0 Å².